The van der Waals surface area contributed by atoms with Crippen molar-refractivity contribution in [3.05, 3.63) is 34.9 Å². The minimum Gasteiger partial charge on any atom is -0.382 e. The van der Waals surface area contributed by atoms with Crippen LogP contribution in [-0.4, -0.2) is 40.7 Å². The van der Waals surface area contributed by atoms with Crippen LogP contribution in [0.1, 0.15) is 5.56 Å². The average Bonchev–Trinajstić information content (AvgIpc) is 2.71. The van der Waals surface area contributed by atoms with E-state index >= 15 is 0 Å². The van der Waals surface area contributed by atoms with Crippen molar-refractivity contribution in [2.75, 3.05) is 6.54 Å². The highest BCUT2D eigenvalue weighted by Crippen LogP contribution is 2.23. The molecule has 1 atom stereocenters. The molecule has 1 heterocycles. The molecule has 9 heteroatoms. The highest BCUT2D eigenvalue weighted by Gasteiger charge is 2.42. The molecule has 0 bridgehead atoms. The third kappa shape index (κ3) is 3.02. The highest BCUT2D eigenvalue weighted by molar-refractivity contribution is 6.30. The Labute approximate surface area is 116 Å². The zero-order chi connectivity index (χ0) is 14.9. The van der Waals surface area contributed by atoms with Crippen LogP contribution >= 0.6 is 11.6 Å². The monoisotopic (exact) mass is 306 g/mol. The second-order valence-electron chi connectivity index (χ2n) is 3.98. The summed E-state index contributed by atoms with van der Waals surface area (Å²) in [6, 6.07) is 5.02. The Balaban J connectivity index is 2.21. The van der Waals surface area contributed by atoms with Crippen molar-refractivity contribution in [2.45, 2.75) is 12.3 Å². The number of nitrogens with zero attached hydrogens (tertiary/aromatic N) is 3. The number of alkyl halides is 3. The first-order valence-electron chi connectivity index (χ1n) is 5.40. The number of rotatable bonds is 3. The second-order valence-corrected chi connectivity index (χ2v) is 4.42. The zero-order valence-corrected chi connectivity index (χ0v) is 10.6. The maximum atomic E-state index is 12.3. The first-order chi connectivity index (χ1) is 9.29. The molecule has 0 saturated heterocycles. The third-order valence-electron chi connectivity index (χ3n) is 2.55. The fourth-order valence-electron chi connectivity index (χ4n) is 1.54. The van der Waals surface area contributed by atoms with Crippen LogP contribution in [0.3, 0.4) is 0 Å². The molecule has 2 rings (SSSR count). The first kappa shape index (κ1) is 14.6. The van der Waals surface area contributed by atoms with Crippen molar-refractivity contribution in [1.82, 2.24) is 10.3 Å². The summed E-state index contributed by atoms with van der Waals surface area (Å²) in [6.07, 6.45) is -7.49. The predicted octanol–water partition coefficient (Wildman–Crippen LogP) is 1.96. The summed E-state index contributed by atoms with van der Waals surface area (Å²) in [5.74, 6) is -0.0602. The molecule has 0 unspecified atom stereocenters. The fraction of sp³-hybridized carbons (Fsp3) is 0.273. The van der Waals surface area contributed by atoms with Gasteiger partial charge in [-0.15, -0.1) is 5.10 Å². The van der Waals surface area contributed by atoms with Crippen LogP contribution in [0.2, 0.25) is 5.02 Å². The van der Waals surface area contributed by atoms with E-state index in [9.17, 15) is 18.0 Å². The molecule has 0 aromatic heterocycles. The number of hydrogen-bond acceptors (Lipinski definition) is 3. The first-order valence-corrected chi connectivity index (χ1v) is 5.78. The molecule has 1 aromatic carbocycles. The maximum absolute atomic E-state index is 12.3. The van der Waals surface area contributed by atoms with Gasteiger partial charge in [0.15, 0.2) is 11.9 Å². The van der Waals surface area contributed by atoms with Crippen LogP contribution in [0.15, 0.2) is 29.4 Å². The molecular weight excluding hydrogens is 299 g/mol. The Kier molecular flexibility index (Phi) is 3.87. The molecule has 1 aliphatic heterocycles. The molecule has 1 N–H and O–H groups in total. The van der Waals surface area contributed by atoms with E-state index in [1.165, 1.54) is 24.3 Å². The summed E-state index contributed by atoms with van der Waals surface area (Å²) in [6.45, 7) is -0.965. The van der Waals surface area contributed by atoms with Gasteiger partial charge in [0.05, 0.1) is 6.54 Å². The number of amides is 2. The van der Waals surface area contributed by atoms with Gasteiger partial charge in [0.1, 0.15) is 0 Å². The van der Waals surface area contributed by atoms with Gasteiger partial charge in [-0.05, 0) is 24.3 Å². The molecule has 0 fully saturated rings. The Morgan fingerprint density at radius 1 is 1.30 bits per heavy atom. The zero-order valence-electron chi connectivity index (χ0n) is 9.80. The van der Waals surface area contributed by atoms with Crippen LogP contribution in [0.4, 0.5) is 18.0 Å². The van der Waals surface area contributed by atoms with E-state index in [0.29, 0.717) is 15.5 Å². The maximum Gasteiger partial charge on any atom is 0.416 e. The quantitative estimate of drug-likeness (QED) is 0.927. The lowest BCUT2D eigenvalue weighted by Crippen LogP contribution is -2.44. The van der Waals surface area contributed by atoms with Gasteiger partial charge in [-0.2, -0.15) is 13.2 Å². The molecule has 0 saturated carbocycles. The van der Waals surface area contributed by atoms with Crippen LogP contribution in [-0.2, 0) is 0 Å². The smallest absolute Gasteiger partial charge is 0.382 e. The highest BCUT2D eigenvalue weighted by atomic mass is 35.5. The summed E-state index contributed by atoms with van der Waals surface area (Å²) >= 11 is 5.69. The summed E-state index contributed by atoms with van der Waals surface area (Å²) in [7, 11) is 0. The Morgan fingerprint density at radius 2 is 1.90 bits per heavy atom. The van der Waals surface area contributed by atoms with E-state index in [1.807, 2.05) is 0 Å². The Morgan fingerprint density at radius 3 is 2.45 bits per heavy atom. The molecule has 107 valence electrons. The van der Waals surface area contributed by atoms with Gasteiger partial charge in [0.2, 0.25) is 0 Å². The molecule has 1 aromatic rings. The molecule has 20 heavy (non-hydrogen) atoms. The van der Waals surface area contributed by atoms with Gasteiger partial charge in [-0.1, -0.05) is 17.0 Å². The number of halogens is 4. The lowest BCUT2D eigenvalue weighted by atomic mass is 10.2. The number of urea groups is 1. The van der Waals surface area contributed by atoms with E-state index in [0.717, 1.165) is 0 Å². The van der Waals surface area contributed by atoms with Crippen LogP contribution in [0.5, 0.6) is 0 Å². The number of aliphatic hydroxyl groups is 1. The lowest BCUT2D eigenvalue weighted by Gasteiger charge is -2.21. The Hall–Kier alpha value is -1.80. The van der Waals surface area contributed by atoms with Gasteiger partial charge in [-0.3, -0.25) is 4.90 Å². The van der Waals surface area contributed by atoms with Crippen LogP contribution < -0.4 is 5.43 Å². The van der Waals surface area contributed by atoms with Gasteiger partial charge in [0, 0.05) is 10.6 Å². The lowest BCUT2D eigenvalue weighted by molar-refractivity contribution is -0.204. The molecule has 0 spiro atoms. The molecular formula is C11H8ClF3N3O2. The largest absolute Gasteiger partial charge is 0.416 e. The van der Waals surface area contributed by atoms with Crippen molar-refractivity contribution >= 4 is 23.5 Å². The molecule has 5 nitrogen and oxygen atoms in total. The number of benzene rings is 1. The normalized spacial score (nSPS) is 16.9. The Bertz CT molecular complexity index is 545. The van der Waals surface area contributed by atoms with E-state index in [1.54, 1.807) is 0 Å². The third-order valence-corrected chi connectivity index (χ3v) is 2.80. The van der Waals surface area contributed by atoms with E-state index in [2.05, 4.69) is 10.5 Å². The van der Waals surface area contributed by atoms with Gasteiger partial charge in [-0.25, -0.2) is 4.79 Å². The SMILES string of the molecule is O=C1[N]N=C(c2ccc(Cl)cc2)N1C[C@H](O)C(F)(F)F. The van der Waals surface area contributed by atoms with Crippen molar-refractivity contribution in [2.24, 2.45) is 5.10 Å². The molecule has 1 aliphatic rings. The number of carbonyl (C=O) groups excluding carboxylic acids is 1. The van der Waals surface area contributed by atoms with Crippen LogP contribution in [0.25, 0.3) is 0 Å². The number of hydrogen-bond donors (Lipinski definition) is 1. The van der Waals surface area contributed by atoms with E-state index < -0.39 is 24.9 Å². The van der Waals surface area contributed by atoms with E-state index in [-0.39, 0.29) is 5.84 Å². The van der Waals surface area contributed by atoms with Crippen molar-refractivity contribution < 1.29 is 23.1 Å². The minimum absolute atomic E-state index is 0.0602. The topological polar surface area (TPSA) is 67.0 Å². The second kappa shape index (κ2) is 5.29. The summed E-state index contributed by atoms with van der Waals surface area (Å²) in [5.41, 5.74) is 3.57. The molecule has 0 aliphatic carbocycles. The average molecular weight is 307 g/mol. The summed E-state index contributed by atoms with van der Waals surface area (Å²) in [4.78, 5) is 12.1. The molecule has 2 amide bonds. The van der Waals surface area contributed by atoms with Crippen LogP contribution in [0, 0.1) is 0 Å². The van der Waals surface area contributed by atoms with Gasteiger partial charge in [0.25, 0.3) is 0 Å². The standard InChI is InChI=1S/C11H8ClF3N3O2/c12-7-3-1-6(2-4-7)9-16-17-10(20)18(9)5-8(19)11(13,14)15/h1-4,8,19H,5H2/t8-/m0/s1. The molecule has 1 radical (unpaired) electrons. The predicted molar refractivity (Wildman–Crippen MR) is 64.3 cm³/mol. The van der Waals surface area contributed by atoms with Crippen molar-refractivity contribution in [1.29, 1.82) is 0 Å². The van der Waals surface area contributed by atoms with Gasteiger partial charge >= 0.3 is 12.2 Å². The summed E-state index contributed by atoms with van der Waals surface area (Å²) in [5, 5.41) is 13.0. The van der Waals surface area contributed by atoms with Crippen molar-refractivity contribution in [3.63, 3.8) is 0 Å². The number of aliphatic hydroxyl groups excluding tert-OH is 1. The number of amidine groups is 1. The minimum atomic E-state index is -4.83. The number of carbonyl (C=O) groups is 1. The summed E-state index contributed by atoms with van der Waals surface area (Å²) < 4.78 is 37.0. The number of β-amino-alcohol motifs (C(OH)–C–C–N with tert-alkyl or cyclic N) is 1. The van der Waals surface area contributed by atoms with E-state index in [4.69, 9.17) is 16.7 Å². The fourth-order valence-corrected chi connectivity index (χ4v) is 1.67. The van der Waals surface area contributed by atoms with Crippen molar-refractivity contribution in [3.8, 4) is 0 Å². The van der Waals surface area contributed by atoms with Gasteiger partial charge < -0.3 is 5.11 Å².